The van der Waals surface area contributed by atoms with Crippen LogP contribution in [0.3, 0.4) is 0 Å². The molecule has 0 aromatic heterocycles. The Kier molecular flexibility index (Phi) is 4.93. The largest absolute Gasteiger partial charge is 0.326 e. The zero-order valence-corrected chi connectivity index (χ0v) is 14.4. The summed E-state index contributed by atoms with van der Waals surface area (Å²) in [5, 5.41) is 0.340. The fourth-order valence-corrected chi connectivity index (χ4v) is 3.43. The summed E-state index contributed by atoms with van der Waals surface area (Å²) < 4.78 is 28.1. The molecule has 0 saturated heterocycles. The number of hydrogen-bond donors (Lipinski definition) is 2. The van der Waals surface area contributed by atoms with E-state index in [0.717, 1.165) is 10.0 Å². The molecule has 4 nitrogen and oxygen atoms in total. The van der Waals surface area contributed by atoms with Gasteiger partial charge >= 0.3 is 0 Å². The quantitative estimate of drug-likeness (QED) is 0.838. The Labute approximate surface area is 137 Å². The number of benzene rings is 2. The second kappa shape index (κ2) is 6.36. The molecule has 21 heavy (non-hydrogen) atoms. The van der Waals surface area contributed by atoms with Gasteiger partial charge in [0, 0.05) is 21.7 Å². The maximum atomic E-state index is 12.3. The highest BCUT2D eigenvalue weighted by molar-refractivity contribution is 9.10. The SMILES string of the molecule is Cc1cc(NS(=O)(=O)c2ccc(CN)c(Cl)c2)ccc1Br. The van der Waals surface area contributed by atoms with Crippen molar-refractivity contribution in [3.63, 3.8) is 0 Å². The van der Waals surface area contributed by atoms with Crippen LogP contribution in [0.1, 0.15) is 11.1 Å². The molecule has 0 unspecified atom stereocenters. The molecule has 3 N–H and O–H groups in total. The lowest BCUT2D eigenvalue weighted by Crippen LogP contribution is -2.13. The molecular weight excluding hydrogens is 376 g/mol. The predicted molar refractivity (Wildman–Crippen MR) is 89.0 cm³/mol. The molecule has 2 rings (SSSR count). The van der Waals surface area contributed by atoms with Gasteiger partial charge in [-0.05, 0) is 48.4 Å². The summed E-state index contributed by atoms with van der Waals surface area (Å²) in [6.07, 6.45) is 0. The maximum absolute atomic E-state index is 12.3. The monoisotopic (exact) mass is 388 g/mol. The van der Waals surface area contributed by atoms with E-state index in [1.165, 1.54) is 12.1 Å². The maximum Gasteiger partial charge on any atom is 0.261 e. The van der Waals surface area contributed by atoms with Gasteiger partial charge in [-0.2, -0.15) is 0 Å². The molecule has 0 spiro atoms. The number of nitrogens with one attached hydrogen (secondary N) is 1. The summed E-state index contributed by atoms with van der Waals surface area (Å²) in [4.78, 5) is 0.102. The van der Waals surface area contributed by atoms with E-state index in [1.54, 1.807) is 24.3 Å². The number of sulfonamides is 1. The van der Waals surface area contributed by atoms with Crippen LogP contribution in [0.4, 0.5) is 5.69 Å². The Hall–Kier alpha value is -1.08. The standard InChI is InChI=1S/C14H14BrClN2O2S/c1-9-6-11(3-5-13(9)15)18-21(19,20)12-4-2-10(8-17)14(16)7-12/h2-7,18H,8,17H2,1H3. The van der Waals surface area contributed by atoms with Gasteiger partial charge in [0.2, 0.25) is 0 Å². The van der Waals surface area contributed by atoms with E-state index in [1.807, 2.05) is 6.92 Å². The molecule has 0 saturated carbocycles. The highest BCUT2D eigenvalue weighted by atomic mass is 79.9. The summed E-state index contributed by atoms with van der Waals surface area (Å²) >= 11 is 9.38. The molecule has 112 valence electrons. The average molecular weight is 390 g/mol. The van der Waals surface area contributed by atoms with E-state index >= 15 is 0 Å². The van der Waals surface area contributed by atoms with Crippen molar-refractivity contribution in [2.24, 2.45) is 5.73 Å². The summed E-state index contributed by atoms with van der Waals surface area (Å²) in [7, 11) is -3.68. The third-order valence-electron chi connectivity index (χ3n) is 2.96. The van der Waals surface area contributed by atoms with Crippen LogP contribution in [-0.2, 0) is 16.6 Å². The number of halogens is 2. The normalized spacial score (nSPS) is 11.4. The van der Waals surface area contributed by atoms with E-state index in [9.17, 15) is 8.42 Å². The molecule has 0 amide bonds. The van der Waals surface area contributed by atoms with Crippen molar-refractivity contribution in [3.05, 3.63) is 57.0 Å². The van der Waals surface area contributed by atoms with E-state index in [2.05, 4.69) is 20.7 Å². The van der Waals surface area contributed by atoms with Crippen LogP contribution in [0.25, 0.3) is 0 Å². The second-order valence-corrected chi connectivity index (χ2v) is 7.47. The van der Waals surface area contributed by atoms with E-state index in [0.29, 0.717) is 16.3 Å². The molecule has 0 bridgehead atoms. The number of nitrogens with two attached hydrogens (primary N) is 1. The molecule has 0 radical (unpaired) electrons. The predicted octanol–water partition coefficient (Wildman–Crippen LogP) is 3.67. The molecule has 0 aliphatic carbocycles. The Bertz CT molecular complexity index is 779. The molecule has 2 aromatic rings. The number of rotatable bonds is 4. The van der Waals surface area contributed by atoms with Crippen molar-refractivity contribution in [2.75, 3.05) is 4.72 Å². The van der Waals surface area contributed by atoms with Gasteiger partial charge < -0.3 is 5.73 Å². The van der Waals surface area contributed by atoms with Gasteiger partial charge in [-0.3, -0.25) is 4.72 Å². The summed E-state index contributed by atoms with van der Waals surface area (Å²) in [5.41, 5.74) is 7.65. The molecule has 7 heteroatoms. The second-order valence-electron chi connectivity index (χ2n) is 4.53. The van der Waals surface area contributed by atoms with Gasteiger partial charge in [-0.15, -0.1) is 0 Å². The van der Waals surface area contributed by atoms with Crippen molar-refractivity contribution < 1.29 is 8.42 Å². The average Bonchev–Trinajstić information content (AvgIpc) is 2.42. The van der Waals surface area contributed by atoms with Crippen LogP contribution >= 0.6 is 27.5 Å². The first-order valence-corrected chi connectivity index (χ1v) is 8.76. The summed E-state index contributed by atoms with van der Waals surface area (Å²) in [6, 6.07) is 9.73. The fraction of sp³-hybridized carbons (Fsp3) is 0.143. The third kappa shape index (κ3) is 3.77. The van der Waals surface area contributed by atoms with Gasteiger partial charge in [0.1, 0.15) is 0 Å². The van der Waals surface area contributed by atoms with Crippen LogP contribution in [0.2, 0.25) is 5.02 Å². The molecule has 0 heterocycles. The van der Waals surface area contributed by atoms with E-state index in [-0.39, 0.29) is 11.4 Å². The minimum Gasteiger partial charge on any atom is -0.326 e. The Morgan fingerprint density at radius 3 is 2.52 bits per heavy atom. The van der Waals surface area contributed by atoms with Crippen LogP contribution in [-0.4, -0.2) is 8.42 Å². The number of aryl methyl sites for hydroxylation is 1. The zero-order chi connectivity index (χ0) is 15.6. The van der Waals surface area contributed by atoms with Gasteiger partial charge in [0.25, 0.3) is 10.0 Å². The highest BCUT2D eigenvalue weighted by Crippen LogP contribution is 2.24. The molecule has 0 aliphatic rings. The third-order valence-corrected chi connectivity index (χ3v) is 5.59. The number of anilines is 1. The molecule has 0 atom stereocenters. The molecular formula is C14H14BrClN2O2S. The van der Waals surface area contributed by atoms with E-state index in [4.69, 9.17) is 17.3 Å². The lowest BCUT2D eigenvalue weighted by molar-refractivity contribution is 0.601. The number of hydrogen-bond acceptors (Lipinski definition) is 3. The first-order valence-electron chi connectivity index (χ1n) is 6.11. The van der Waals surface area contributed by atoms with Crippen LogP contribution in [0.15, 0.2) is 45.8 Å². The Morgan fingerprint density at radius 2 is 1.95 bits per heavy atom. The Morgan fingerprint density at radius 1 is 1.24 bits per heavy atom. The molecule has 0 fully saturated rings. The Balaban J connectivity index is 2.33. The zero-order valence-electron chi connectivity index (χ0n) is 11.2. The lowest BCUT2D eigenvalue weighted by Gasteiger charge is -2.10. The minimum atomic E-state index is -3.68. The molecule has 2 aromatic carbocycles. The summed E-state index contributed by atoms with van der Waals surface area (Å²) in [5.74, 6) is 0. The van der Waals surface area contributed by atoms with Crippen molar-refractivity contribution in [1.29, 1.82) is 0 Å². The first-order chi connectivity index (χ1) is 9.83. The van der Waals surface area contributed by atoms with Gasteiger partial charge in [-0.25, -0.2) is 8.42 Å². The van der Waals surface area contributed by atoms with Crippen molar-refractivity contribution in [3.8, 4) is 0 Å². The van der Waals surface area contributed by atoms with Crippen molar-refractivity contribution >= 4 is 43.2 Å². The van der Waals surface area contributed by atoms with Crippen molar-refractivity contribution in [1.82, 2.24) is 0 Å². The van der Waals surface area contributed by atoms with Gasteiger partial charge in [0.15, 0.2) is 0 Å². The van der Waals surface area contributed by atoms with Crippen LogP contribution in [0, 0.1) is 6.92 Å². The van der Waals surface area contributed by atoms with Gasteiger partial charge in [-0.1, -0.05) is 33.6 Å². The van der Waals surface area contributed by atoms with Gasteiger partial charge in [0.05, 0.1) is 4.90 Å². The lowest BCUT2D eigenvalue weighted by atomic mass is 10.2. The topological polar surface area (TPSA) is 72.2 Å². The van der Waals surface area contributed by atoms with Crippen LogP contribution < -0.4 is 10.5 Å². The van der Waals surface area contributed by atoms with Crippen molar-refractivity contribution in [2.45, 2.75) is 18.4 Å². The van der Waals surface area contributed by atoms with Crippen LogP contribution in [0.5, 0.6) is 0 Å². The first kappa shape index (κ1) is 16.3. The van der Waals surface area contributed by atoms with E-state index < -0.39 is 10.0 Å². The fourth-order valence-electron chi connectivity index (χ4n) is 1.78. The minimum absolute atomic E-state index is 0.102. The molecule has 0 aliphatic heterocycles. The highest BCUT2D eigenvalue weighted by Gasteiger charge is 2.16. The smallest absolute Gasteiger partial charge is 0.261 e. The summed E-state index contributed by atoms with van der Waals surface area (Å²) in [6.45, 7) is 2.15.